The van der Waals surface area contributed by atoms with E-state index in [0.29, 0.717) is 13.1 Å². The number of halogens is 3. The lowest BCUT2D eigenvalue weighted by molar-refractivity contribution is -0.149. The van der Waals surface area contributed by atoms with Crippen molar-refractivity contribution in [3.63, 3.8) is 0 Å². The minimum absolute atomic E-state index is 0.0966. The maximum atomic E-state index is 12.4. The molecule has 0 saturated carbocycles. The maximum absolute atomic E-state index is 12.4. The highest BCUT2D eigenvalue weighted by molar-refractivity contribution is 7.09. The molecule has 0 aromatic carbocycles. The highest BCUT2D eigenvalue weighted by Gasteiger charge is 2.31. The molecule has 0 radical (unpaired) electrons. The molecule has 0 aliphatic rings. The Kier molecular flexibility index (Phi) is 6.82. The molecule has 0 aliphatic carbocycles. The molecule has 1 N–H and O–H groups in total. The standard InChI is InChI=1S/C13H21F3N2S/c1-11(2)18(10-13(14,15)16)8-7-17-6-5-12-4-3-9-19-12/h3-4,9,11,17H,5-8,10H2,1-2H3. The normalized spacial score (nSPS) is 12.6. The molecule has 19 heavy (non-hydrogen) atoms. The third kappa shape index (κ3) is 7.54. The summed E-state index contributed by atoms with van der Waals surface area (Å²) >= 11 is 1.70. The molecule has 0 spiro atoms. The largest absolute Gasteiger partial charge is 0.401 e. The topological polar surface area (TPSA) is 15.3 Å². The van der Waals surface area contributed by atoms with Crippen molar-refractivity contribution in [2.75, 3.05) is 26.2 Å². The summed E-state index contributed by atoms with van der Waals surface area (Å²) in [5.41, 5.74) is 0. The van der Waals surface area contributed by atoms with Crippen LogP contribution in [0.4, 0.5) is 13.2 Å². The highest BCUT2D eigenvalue weighted by Crippen LogP contribution is 2.17. The molecule has 0 unspecified atom stereocenters. The summed E-state index contributed by atoms with van der Waals surface area (Å²) in [5.74, 6) is 0. The van der Waals surface area contributed by atoms with E-state index < -0.39 is 12.7 Å². The fourth-order valence-electron chi connectivity index (χ4n) is 1.76. The van der Waals surface area contributed by atoms with Gasteiger partial charge in [-0.1, -0.05) is 6.07 Å². The van der Waals surface area contributed by atoms with Gasteiger partial charge in [-0.2, -0.15) is 13.2 Å². The van der Waals surface area contributed by atoms with E-state index in [4.69, 9.17) is 0 Å². The molecule has 0 atom stereocenters. The van der Waals surface area contributed by atoms with Crippen LogP contribution in [0, 0.1) is 0 Å². The minimum atomic E-state index is -4.12. The average molecular weight is 294 g/mol. The third-order valence-electron chi connectivity index (χ3n) is 2.82. The molecule has 0 bridgehead atoms. The van der Waals surface area contributed by atoms with E-state index in [1.54, 1.807) is 25.2 Å². The second-order valence-electron chi connectivity index (χ2n) is 4.76. The van der Waals surface area contributed by atoms with E-state index in [0.717, 1.165) is 13.0 Å². The number of thiophene rings is 1. The summed E-state index contributed by atoms with van der Waals surface area (Å²) in [6, 6.07) is 3.97. The van der Waals surface area contributed by atoms with Gasteiger partial charge in [-0.25, -0.2) is 0 Å². The first-order valence-electron chi connectivity index (χ1n) is 6.42. The molecule has 1 heterocycles. The summed E-state index contributed by atoms with van der Waals surface area (Å²) in [6.45, 7) is 4.55. The molecule has 1 aromatic heterocycles. The van der Waals surface area contributed by atoms with Crippen molar-refractivity contribution in [3.8, 4) is 0 Å². The van der Waals surface area contributed by atoms with Crippen LogP contribution < -0.4 is 5.32 Å². The third-order valence-corrected chi connectivity index (χ3v) is 3.75. The molecular formula is C13H21F3N2S. The summed E-state index contributed by atoms with van der Waals surface area (Å²) < 4.78 is 37.1. The number of rotatable bonds is 8. The Morgan fingerprint density at radius 3 is 2.58 bits per heavy atom. The van der Waals surface area contributed by atoms with Crippen LogP contribution in [-0.2, 0) is 6.42 Å². The van der Waals surface area contributed by atoms with Crippen LogP contribution in [-0.4, -0.2) is 43.3 Å². The number of alkyl halides is 3. The second kappa shape index (κ2) is 7.87. The monoisotopic (exact) mass is 294 g/mol. The average Bonchev–Trinajstić information content (AvgIpc) is 2.78. The highest BCUT2D eigenvalue weighted by atomic mass is 32.1. The van der Waals surface area contributed by atoms with E-state index in [1.807, 2.05) is 11.4 Å². The van der Waals surface area contributed by atoms with E-state index >= 15 is 0 Å². The summed E-state index contributed by atoms with van der Waals surface area (Å²) in [4.78, 5) is 2.74. The van der Waals surface area contributed by atoms with Gasteiger partial charge in [0.15, 0.2) is 0 Å². The lowest BCUT2D eigenvalue weighted by Crippen LogP contribution is -2.42. The Hall–Kier alpha value is -0.590. The zero-order valence-electron chi connectivity index (χ0n) is 11.3. The summed E-state index contributed by atoms with van der Waals surface area (Å²) in [7, 11) is 0. The van der Waals surface area contributed by atoms with Gasteiger partial charge in [-0.05, 0) is 31.7 Å². The molecule has 0 aliphatic heterocycles. The first kappa shape index (κ1) is 16.5. The lowest BCUT2D eigenvalue weighted by atomic mass is 10.3. The van der Waals surface area contributed by atoms with Gasteiger partial charge < -0.3 is 5.32 Å². The molecule has 0 fully saturated rings. The molecule has 6 heteroatoms. The number of hydrogen-bond acceptors (Lipinski definition) is 3. The van der Waals surface area contributed by atoms with E-state index in [9.17, 15) is 13.2 Å². The Morgan fingerprint density at radius 2 is 2.05 bits per heavy atom. The van der Waals surface area contributed by atoms with Gasteiger partial charge in [-0.3, -0.25) is 4.90 Å². The van der Waals surface area contributed by atoms with Crippen LogP contribution in [0.25, 0.3) is 0 Å². The van der Waals surface area contributed by atoms with Gasteiger partial charge in [0.25, 0.3) is 0 Å². The van der Waals surface area contributed by atoms with E-state index in [1.165, 1.54) is 9.78 Å². The molecule has 0 saturated heterocycles. The minimum Gasteiger partial charge on any atom is -0.315 e. The van der Waals surface area contributed by atoms with Gasteiger partial charge in [0.1, 0.15) is 0 Å². The molecule has 2 nitrogen and oxygen atoms in total. The summed E-state index contributed by atoms with van der Waals surface area (Å²) in [6.07, 6.45) is -3.19. The van der Waals surface area contributed by atoms with Crippen LogP contribution in [0.1, 0.15) is 18.7 Å². The van der Waals surface area contributed by atoms with E-state index in [-0.39, 0.29) is 6.04 Å². The molecule has 1 rings (SSSR count). The predicted molar refractivity (Wildman–Crippen MR) is 73.7 cm³/mol. The molecule has 110 valence electrons. The van der Waals surface area contributed by atoms with Gasteiger partial charge >= 0.3 is 6.18 Å². The Labute approximate surface area is 116 Å². The van der Waals surface area contributed by atoms with Crippen molar-refractivity contribution in [2.24, 2.45) is 0 Å². The summed E-state index contributed by atoms with van der Waals surface area (Å²) in [5, 5.41) is 5.22. The fourth-order valence-corrected chi connectivity index (χ4v) is 2.47. The zero-order chi connectivity index (χ0) is 14.3. The SMILES string of the molecule is CC(C)N(CCNCCc1cccs1)CC(F)(F)F. The molecule has 0 amide bonds. The first-order valence-corrected chi connectivity index (χ1v) is 7.30. The first-order chi connectivity index (χ1) is 8.88. The Bertz CT molecular complexity index is 336. The van der Waals surface area contributed by atoms with Crippen molar-refractivity contribution >= 4 is 11.3 Å². The van der Waals surface area contributed by atoms with Crippen LogP contribution in [0.15, 0.2) is 17.5 Å². The van der Waals surface area contributed by atoms with Crippen LogP contribution in [0.3, 0.4) is 0 Å². The lowest BCUT2D eigenvalue weighted by Gasteiger charge is -2.27. The number of hydrogen-bond donors (Lipinski definition) is 1. The molecule has 1 aromatic rings. The van der Waals surface area contributed by atoms with E-state index in [2.05, 4.69) is 11.4 Å². The maximum Gasteiger partial charge on any atom is 0.401 e. The van der Waals surface area contributed by atoms with Gasteiger partial charge in [0, 0.05) is 30.6 Å². The van der Waals surface area contributed by atoms with Gasteiger partial charge in [0.2, 0.25) is 0 Å². The van der Waals surface area contributed by atoms with Crippen molar-refractivity contribution in [1.29, 1.82) is 0 Å². The van der Waals surface area contributed by atoms with Crippen molar-refractivity contribution < 1.29 is 13.2 Å². The Balaban J connectivity index is 2.17. The second-order valence-corrected chi connectivity index (χ2v) is 5.79. The number of nitrogens with one attached hydrogen (secondary N) is 1. The van der Waals surface area contributed by atoms with Gasteiger partial charge in [0.05, 0.1) is 6.54 Å². The predicted octanol–water partition coefficient (Wildman–Crippen LogP) is 3.15. The van der Waals surface area contributed by atoms with Crippen molar-refractivity contribution in [2.45, 2.75) is 32.5 Å². The van der Waals surface area contributed by atoms with Crippen LogP contribution >= 0.6 is 11.3 Å². The zero-order valence-corrected chi connectivity index (χ0v) is 12.2. The quantitative estimate of drug-likeness (QED) is 0.741. The molecular weight excluding hydrogens is 273 g/mol. The van der Waals surface area contributed by atoms with Gasteiger partial charge in [-0.15, -0.1) is 11.3 Å². The smallest absolute Gasteiger partial charge is 0.315 e. The van der Waals surface area contributed by atoms with Crippen LogP contribution in [0.5, 0.6) is 0 Å². The Morgan fingerprint density at radius 1 is 1.32 bits per heavy atom. The van der Waals surface area contributed by atoms with Crippen molar-refractivity contribution in [1.82, 2.24) is 10.2 Å². The van der Waals surface area contributed by atoms with Crippen LogP contribution in [0.2, 0.25) is 0 Å². The number of nitrogens with zero attached hydrogens (tertiary/aromatic N) is 1. The van der Waals surface area contributed by atoms with Crippen molar-refractivity contribution in [3.05, 3.63) is 22.4 Å². The fraction of sp³-hybridized carbons (Fsp3) is 0.692.